The molecular formula is C9H18O4. The topological polar surface area (TPSA) is 47.9 Å². The summed E-state index contributed by atoms with van der Waals surface area (Å²) in [5.41, 5.74) is 0. The van der Waals surface area contributed by atoms with Gasteiger partial charge in [-0.25, -0.2) is 0 Å². The zero-order chi connectivity index (χ0) is 10.1. The van der Waals surface area contributed by atoms with Crippen molar-refractivity contribution >= 4 is 0 Å². The second-order valence-electron chi connectivity index (χ2n) is 2.28. The molecule has 4 heteroatoms. The molecule has 1 N–H and O–H groups in total. The van der Waals surface area contributed by atoms with Crippen molar-refractivity contribution in [2.75, 3.05) is 26.4 Å². The Morgan fingerprint density at radius 1 is 1.08 bits per heavy atom. The Hall–Kier alpha value is -0.900. The van der Waals surface area contributed by atoms with E-state index in [2.05, 4.69) is 0 Å². The van der Waals surface area contributed by atoms with E-state index in [1.54, 1.807) is 6.92 Å². The quantitative estimate of drug-likeness (QED) is 0.614. The zero-order valence-electron chi connectivity index (χ0n) is 8.50. The highest BCUT2D eigenvalue weighted by molar-refractivity contribution is 4.90. The molecule has 0 aliphatic carbocycles. The van der Waals surface area contributed by atoms with Gasteiger partial charge in [0.2, 0.25) is 0 Å². The Labute approximate surface area is 79.1 Å². The zero-order valence-corrected chi connectivity index (χ0v) is 8.50. The van der Waals surface area contributed by atoms with Crippen LogP contribution in [-0.4, -0.2) is 31.5 Å². The lowest BCUT2D eigenvalue weighted by molar-refractivity contribution is 0.00598. The number of allylic oxidation sites excluding steroid dienone is 1. The minimum absolute atomic E-state index is 0.0318. The lowest BCUT2D eigenvalue weighted by atomic mass is 10.6. The van der Waals surface area contributed by atoms with Gasteiger partial charge in [-0.05, 0) is 13.8 Å². The second kappa shape index (κ2) is 7.73. The fourth-order valence-corrected chi connectivity index (χ4v) is 0.790. The molecule has 0 rings (SSSR count). The molecular weight excluding hydrogens is 172 g/mol. The second-order valence-corrected chi connectivity index (χ2v) is 2.28. The van der Waals surface area contributed by atoms with E-state index in [1.165, 1.54) is 0 Å². The van der Waals surface area contributed by atoms with Crippen molar-refractivity contribution in [1.82, 2.24) is 0 Å². The number of aliphatic hydroxyl groups excluding tert-OH is 1. The van der Waals surface area contributed by atoms with Crippen LogP contribution in [-0.2, 0) is 14.2 Å². The van der Waals surface area contributed by atoms with E-state index in [0.717, 1.165) is 0 Å². The number of ether oxygens (including phenoxy) is 3. The molecule has 0 fully saturated rings. The largest absolute Gasteiger partial charge is 0.491 e. The van der Waals surface area contributed by atoms with Gasteiger partial charge in [-0.15, -0.1) is 0 Å². The normalized spacial score (nSPS) is 12.0. The number of aliphatic hydroxyl groups is 1. The van der Waals surface area contributed by atoms with Crippen molar-refractivity contribution in [2.24, 2.45) is 0 Å². The summed E-state index contributed by atoms with van der Waals surface area (Å²) >= 11 is 0. The molecule has 0 aliphatic heterocycles. The van der Waals surface area contributed by atoms with Crippen LogP contribution in [0.2, 0.25) is 0 Å². The molecule has 0 radical (unpaired) electrons. The Bertz CT molecular complexity index is 154. The Kier molecular flexibility index (Phi) is 7.20. The third kappa shape index (κ3) is 5.36. The fraction of sp³-hybridized carbons (Fsp3) is 0.778. The summed E-state index contributed by atoms with van der Waals surface area (Å²) in [6, 6.07) is 0. The van der Waals surface area contributed by atoms with E-state index >= 15 is 0 Å². The summed E-state index contributed by atoms with van der Waals surface area (Å²) in [7, 11) is 0. The number of hydrogen-bond acceptors (Lipinski definition) is 4. The minimum atomic E-state index is -0.0318. The molecule has 0 unspecified atom stereocenters. The first kappa shape index (κ1) is 12.1. The van der Waals surface area contributed by atoms with E-state index in [4.69, 9.17) is 19.3 Å². The minimum Gasteiger partial charge on any atom is -0.491 e. The van der Waals surface area contributed by atoms with E-state index < -0.39 is 0 Å². The SMILES string of the molecule is CCOC(C)=C(OCC)OCCO. The molecule has 0 spiro atoms. The van der Waals surface area contributed by atoms with Crippen LogP contribution in [0.5, 0.6) is 0 Å². The van der Waals surface area contributed by atoms with Gasteiger partial charge in [-0.1, -0.05) is 0 Å². The van der Waals surface area contributed by atoms with Crippen LogP contribution >= 0.6 is 0 Å². The van der Waals surface area contributed by atoms with Crippen molar-refractivity contribution in [2.45, 2.75) is 20.8 Å². The summed E-state index contributed by atoms with van der Waals surface area (Å²) in [6.45, 7) is 6.80. The molecule has 78 valence electrons. The third-order valence-electron chi connectivity index (χ3n) is 1.25. The van der Waals surface area contributed by atoms with Crippen LogP contribution < -0.4 is 0 Å². The average molecular weight is 190 g/mol. The average Bonchev–Trinajstić information content (AvgIpc) is 2.12. The van der Waals surface area contributed by atoms with Crippen molar-refractivity contribution in [1.29, 1.82) is 0 Å². The Balaban J connectivity index is 4.10. The van der Waals surface area contributed by atoms with Crippen LogP contribution in [0.3, 0.4) is 0 Å². The van der Waals surface area contributed by atoms with Crippen molar-refractivity contribution < 1.29 is 19.3 Å². The summed E-state index contributed by atoms with van der Waals surface area (Å²) in [5.74, 6) is 0.969. The predicted octanol–water partition coefficient (Wildman–Crippen LogP) is 1.26. The van der Waals surface area contributed by atoms with Crippen molar-refractivity contribution in [3.8, 4) is 0 Å². The lowest BCUT2D eigenvalue weighted by Crippen LogP contribution is -2.06. The molecule has 0 saturated carbocycles. The summed E-state index contributed by atoms with van der Waals surface area (Å²) in [6.07, 6.45) is 0. The lowest BCUT2D eigenvalue weighted by Gasteiger charge is -2.12. The standard InChI is InChI=1S/C9H18O4/c1-4-11-8(3)9(12-5-2)13-7-6-10/h10H,4-7H2,1-3H3. The summed E-state index contributed by atoms with van der Waals surface area (Å²) in [5, 5.41) is 8.55. The highest BCUT2D eigenvalue weighted by Gasteiger charge is 2.05. The molecule has 0 heterocycles. The van der Waals surface area contributed by atoms with Gasteiger partial charge < -0.3 is 19.3 Å². The van der Waals surface area contributed by atoms with E-state index in [9.17, 15) is 0 Å². The van der Waals surface area contributed by atoms with Gasteiger partial charge in [0, 0.05) is 6.92 Å². The maximum absolute atomic E-state index is 8.55. The van der Waals surface area contributed by atoms with Gasteiger partial charge in [-0.3, -0.25) is 0 Å². The van der Waals surface area contributed by atoms with Gasteiger partial charge in [0.1, 0.15) is 6.61 Å². The van der Waals surface area contributed by atoms with Crippen LogP contribution in [0.1, 0.15) is 20.8 Å². The van der Waals surface area contributed by atoms with Crippen molar-refractivity contribution in [3.05, 3.63) is 11.7 Å². The molecule has 0 aromatic rings. The first-order valence-electron chi connectivity index (χ1n) is 4.46. The first-order valence-corrected chi connectivity index (χ1v) is 4.46. The third-order valence-corrected chi connectivity index (χ3v) is 1.25. The van der Waals surface area contributed by atoms with Crippen LogP contribution in [0, 0.1) is 0 Å². The maximum Gasteiger partial charge on any atom is 0.318 e. The Morgan fingerprint density at radius 3 is 2.15 bits per heavy atom. The molecule has 4 nitrogen and oxygen atoms in total. The molecule has 0 aromatic heterocycles. The van der Waals surface area contributed by atoms with Crippen LogP contribution in [0.4, 0.5) is 0 Å². The molecule has 0 bridgehead atoms. The molecule has 0 saturated heterocycles. The Morgan fingerprint density at radius 2 is 1.69 bits per heavy atom. The van der Waals surface area contributed by atoms with E-state index in [0.29, 0.717) is 24.9 Å². The number of hydrogen-bond donors (Lipinski definition) is 1. The molecule has 0 atom stereocenters. The fourth-order valence-electron chi connectivity index (χ4n) is 0.790. The smallest absolute Gasteiger partial charge is 0.318 e. The number of rotatable bonds is 7. The highest BCUT2D eigenvalue weighted by atomic mass is 16.7. The van der Waals surface area contributed by atoms with Gasteiger partial charge in [0.25, 0.3) is 0 Å². The molecule has 0 aliphatic rings. The highest BCUT2D eigenvalue weighted by Crippen LogP contribution is 2.08. The first-order chi connectivity index (χ1) is 6.26. The van der Waals surface area contributed by atoms with Crippen LogP contribution in [0.15, 0.2) is 11.7 Å². The predicted molar refractivity (Wildman–Crippen MR) is 49.0 cm³/mol. The molecule has 0 amide bonds. The van der Waals surface area contributed by atoms with E-state index in [1.807, 2.05) is 13.8 Å². The summed E-state index contributed by atoms with van der Waals surface area (Å²) in [4.78, 5) is 0. The van der Waals surface area contributed by atoms with Gasteiger partial charge in [0.15, 0.2) is 5.76 Å². The molecule has 13 heavy (non-hydrogen) atoms. The monoisotopic (exact) mass is 190 g/mol. The van der Waals surface area contributed by atoms with Gasteiger partial charge in [0.05, 0.1) is 19.8 Å². The maximum atomic E-state index is 8.55. The van der Waals surface area contributed by atoms with Gasteiger partial charge in [-0.2, -0.15) is 0 Å². The van der Waals surface area contributed by atoms with Crippen LogP contribution in [0.25, 0.3) is 0 Å². The van der Waals surface area contributed by atoms with E-state index in [-0.39, 0.29) is 13.2 Å². The summed E-state index contributed by atoms with van der Waals surface area (Å²) < 4.78 is 15.5. The van der Waals surface area contributed by atoms with Gasteiger partial charge >= 0.3 is 5.95 Å². The van der Waals surface area contributed by atoms with Crippen molar-refractivity contribution in [3.63, 3.8) is 0 Å². The molecule has 0 aromatic carbocycles.